The van der Waals surface area contributed by atoms with Crippen LogP contribution in [0, 0.1) is 0 Å². The molecule has 0 saturated carbocycles. The third-order valence-corrected chi connectivity index (χ3v) is 4.88. The molecule has 1 atom stereocenters. The second kappa shape index (κ2) is 10.8. The van der Waals surface area contributed by atoms with Crippen LogP contribution in [0.3, 0.4) is 0 Å². The lowest BCUT2D eigenvalue weighted by Crippen LogP contribution is -2.53. The maximum Gasteiger partial charge on any atom is 0.410 e. The van der Waals surface area contributed by atoms with E-state index in [9.17, 15) is 4.79 Å². The van der Waals surface area contributed by atoms with Crippen molar-refractivity contribution in [2.45, 2.75) is 25.6 Å². The number of carbonyl (C=O) groups is 1. The highest BCUT2D eigenvalue weighted by Crippen LogP contribution is 2.14. The van der Waals surface area contributed by atoms with Crippen molar-refractivity contribution in [3.05, 3.63) is 65.7 Å². The Bertz CT molecular complexity index is 750. The number of rotatable bonds is 8. The van der Waals surface area contributed by atoms with Crippen LogP contribution in [0.25, 0.3) is 0 Å². The molecule has 1 N–H and O–H groups in total. The average molecular weight is 398 g/mol. The van der Waals surface area contributed by atoms with E-state index in [1.54, 1.807) is 4.90 Å². The van der Waals surface area contributed by atoms with Crippen LogP contribution in [0.4, 0.5) is 4.79 Å². The summed E-state index contributed by atoms with van der Waals surface area (Å²) >= 11 is 0. The van der Waals surface area contributed by atoms with E-state index in [1.807, 2.05) is 42.5 Å². The molecule has 156 valence electrons. The maximum absolute atomic E-state index is 12.4. The fraction of sp³-hybridized carbons (Fsp3) is 0.435. The number of hydrogen-bond acceptors (Lipinski definition) is 5. The molecule has 1 amide bonds. The number of benzene rings is 2. The largest absolute Gasteiger partial charge is 0.494 e. The summed E-state index contributed by atoms with van der Waals surface area (Å²) in [6, 6.07) is 18.2. The highest BCUT2D eigenvalue weighted by Gasteiger charge is 2.24. The average Bonchev–Trinajstić information content (AvgIpc) is 2.74. The van der Waals surface area contributed by atoms with Gasteiger partial charge in [0.1, 0.15) is 12.4 Å². The minimum Gasteiger partial charge on any atom is -0.494 e. The summed E-state index contributed by atoms with van der Waals surface area (Å²) < 4.78 is 11.3. The Morgan fingerprint density at radius 1 is 1.10 bits per heavy atom. The number of hydrogen-bond donors (Lipinski definition) is 1. The van der Waals surface area contributed by atoms with Crippen molar-refractivity contribution in [3.8, 4) is 5.75 Å². The van der Waals surface area contributed by atoms with E-state index in [2.05, 4.69) is 36.4 Å². The number of ether oxygens (including phenoxy) is 2. The summed E-state index contributed by atoms with van der Waals surface area (Å²) in [5, 5.41) is 3.46. The van der Waals surface area contributed by atoms with Gasteiger partial charge in [-0.3, -0.25) is 0 Å². The van der Waals surface area contributed by atoms with Crippen molar-refractivity contribution in [1.29, 1.82) is 0 Å². The molecule has 1 fully saturated rings. The zero-order valence-corrected chi connectivity index (χ0v) is 17.3. The Labute approximate surface area is 173 Å². The van der Waals surface area contributed by atoms with Gasteiger partial charge in [0.05, 0.1) is 6.61 Å². The summed E-state index contributed by atoms with van der Waals surface area (Å²) in [6.45, 7) is 3.91. The first-order chi connectivity index (χ1) is 14.1. The molecule has 1 heterocycles. The summed E-state index contributed by atoms with van der Waals surface area (Å²) in [7, 11) is 4.12. The summed E-state index contributed by atoms with van der Waals surface area (Å²) in [5.41, 5.74) is 2.26. The Kier molecular flexibility index (Phi) is 7.90. The van der Waals surface area contributed by atoms with Crippen molar-refractivity contribution >= 4 is 6.09 Å². The lowest BCUT2D eigenvalue weighted by molar-refractivity contribution is 0.0827. The van der Waals surface area contributed by atoms with Crippen molar-refractivity contribution in [1.82, 2.24) is 15.1 Å². The monoisotopic (exact) mass is 397 g/mol. The van der Waals surface area contributed by atoms with Gasteiger partial charge >= 0.3 is 6.09 Å². The number of nitrogens with zero attached hydrogens (tertiary/aromatic N) is 2. The smallest absolute Gasteiger partial charge is 0.410 e. The highest BCUT2D eigenvalue weighted by molar-refractivity contribution is 5.67. The quantitative estimate of drug-likeness (QED) is 0.742. The molecule has 0 unspecified atom stereocenters. The van der Waals surface area contributed by atoms with Crippen LogP contribution in [0.5, 0.6) is 5.75 Å². The van der Waals surface area contributed by atoms with E-state index in [-0.39, 0.29) is 12.1 Å². The fourth-order valence-electron chi connectivity index (χ4n) is 3.37. The predicted octanol–water partition coefficient (Wildman–Crippen LogP) is 3.13. The first-order valence-electron chi connectivity index (χ1n) is 10.2. The van der Waals surface area contributed by atoms with Gasteiger partial charge in [-0.15, -0.1) is 0 Å². The lowest BCUT2D eigenvalue weighted by Gasteiger charge is -2.33. The first-order valence-corrected chi connectivity index (χ1v) is 10.2. The van der Waals surface area contributed by atoms with Crippen molar-refractivity contribution in [2.75, 3.05) is 40.3 Å². The molecule has 6 heteroatoms. The van der Waals surface area contributed by atoms with Crippen LogP contribution < -0.4 is 10.1 Å². The first kappa shape index (κ1) is 21.1. The number of amides is 1. The summed E-state index contributed by atoms with van der Waals surface area (Å²) in [6.07, 6.45) is 0.583. The van der Waals surface area contributed by atoms with E-state index < -0.39 is 0 Å². The zero-order valence-electron chi connectivity index (χ0n) is 17.3. The van der Waals surface area contributed by atoms with Gasteiger partial charge < -0.3 is 24.6 Å². The Balaban J connectivity index is 1.38. The van der Waals surface area contributed by atoms with Gasteiger partial charge in [0, 0.05) is 32.2 Å². The summed E-state index contributed by atoms with van der Waals surface area (Å²) in [4.78, 5) is 16.3. The molecule has 0 bridgehead atoms. The zero-order chi connectivity index (χ0) is 20.5. The van der Waals surface area contributed by atoms with E-state index >= 15 is 0 Å². The second-order valence-electron chi connectivity index (χ2n) is 7.66. The van der Waals surface area contributed by atoms with Crippen molar-refractivity contribution in [3.63, 3.8) is 0 Å². The minimum atomic E-state index is -0.252. The number of nitrogens with one attached hydrogen (secondary N) is 1. The Morgan fingerprint density at radius 3 is 2.59 bits per heavy atom. The molecule has 2 aromatic rings. The molecule has 29 heavy (non-hydrogen) atoms. The number of carbonyl (C=O) groups excluding carboxylic acids is 1. The third kappa shape index (κ3) is 7.07. The van der Waals surface area contributed by atoms with Crippen LogP contribution in [0.15, 0.2) is 54.6 Å². The van der Waals surface area contributed by atoms with Crippen LogP contribution >= 0.6 is 0 Å². The molecule has 1 aliphatic rings. The maximum atomic E-state index is 12.4. The Hall–Kier alpha value is -2.57. The topological polar surface area (TPSA) is 54.0 Å². The van der Waals surface area contributed by atoms with E-state index in [1.165, 1.54) is 5.56 Å². The van der Waals surface area contributed by atoms with Crippen molar-refractivity contribution in [2.24, 2.45) is 0 Å². The highest BCUT2D eigenvalue weighted by atomic mass is 16.6. The molecule has 2 aromatic carbocycles. The molecule has 6 nitrogen and oxygen atoms in total. The van der Waals surface area contributed by atoms with Gasteiger partial charge in [-0.1, -0.05) is 42.5 Å². The second-order valence-corrected chi connectivity index (χ2v) is 7.66. The molecule has 0 aromatic heterocycles. The summed E-state index contributed by atoms with van der Waals surface area (Å²) in [5.74, 6) is 0.877. The van der Waals surface area contributed by atoms with Crippen LogP contribution in [0.2, 0.25) is 0 Å². The normalized spacial score (nSPS) is 16.7. The number of piperazine rings is 1. The molecule has 0 spiro atoms. The van der Waals surface area contributed by atoms with Crippen molar-refractivity contribution < 1.29 is 14.3 Å². The standard InChI is InChI=1S/C23H31N3O3/c1-25(2)16-19-8-10-22(11-9-19)28-15-12-21-17-26(14-13-24-21)23(27)29-18-20-6-4-3-5-7-20/h3-11,21,24H,12-18H2,1-2H3/t21-/m1/s1. The SMILES string of the molecule is CN(C)Cc1ccc(OCC[C@@H]2CN(C(=O)OCc3ccccc3)CCN2)cc1. The lowest BCUT2D eigenvalue weighted by atomic mass is 10.1. The van der Waals surface area contributed by atoms with Gasteiger partial charge in [-0.25, -0.2) is 4.79 Å². The fourth-order valence-corrected chi connectivity index (χ4v) is 3.37. The molecule has 0 aliphatic carbocycles. The van der Waals surface area contributed by atoms with Gasteiger partial charge in [0.15, 0.2) is 0 Å². The molecule has 1 aliphatic heterocycles. The Morgan fingerprint density at radius 2 is 1.86 bits per heavy atom. The van der Waals surface area contributed by atoms with Gasteiger partial charge in [-0.2, -0.15) is 0 Å². The van der Waals surface area contributed by atoms with E-state index in [0.29, 0.717) is 26.3 Å². The van der Waals surface area contributed by atoms with Crippen LogP contribution in [0.1, 0.15) is 17.5 Å². The molecule has 0 radical (unpaired) electrons. The molecule has 1 saturated heterocycles. The van der Waals surface area contributed by atoms with Crippen LogP contribution in [-0.2, 0) is 17.9 Å². The third-order valence-electron chi connectivity index (χ3n) is 4.88. The van der Waals surface area contributed by atoms with E-state index in [0.717, 1.165) is 30.8 Å². The molecular formula is C23H31N3O3. The minimum absolute atomic E-state index is 0.209. The molecular weight excluding hydrogens is 366 g/mol. The van der Waals surface area contributed by atoms with Gasteiger partial charge in [0.2, 0.25) is 0 Å². The molecule has 3 rings (SSSR count). The van der Waals surface area contributed by atoms with Crippen LogP contribution in [-0.4, -0.2) is 62.3 Å². The van der Waals surface area contributed by atoms with E-state index in [4.69, 9.17) is 9.47 Å². The predicted molar refractivity (Wildman–Crippen MR) is 114 cm³/mol. The van der Waals surface area contributed by atoms with Gasteiger partial charge in [0.25, 0.3) is 0 Å². The van der Waals surface area contributed by atoms with Gasteiger partial charge in [-0.05, 0) is 43.8 Å².